The molecule has 32 heavy (non-hydrogen) atoms. The third kappa shape index (κ3) is 3.52. The third-order valence-corrected chi connectivity index (χ3v) is 6.89. The van der Waals surface area contributed by atoms with Crippen molar-refractivity contribution in [2.45, 2.75) is 11.8 Å². The highest BCUT2D eigenvalue weighted by molar-refractivity contribution is 7.92. The lowest BCUT2D eigenvalue weighted by Crippen LogP contribution is -2.30. The van der Waals surface area contributed by atoms with E-state index in [4.69, 9.17) is 0 Å². The lowest BCUT2D eigenvalue weighted by Gasteiger charge is -2.21. The van der Waals surface area contributed by atoms with Gasteiger partial charge in [0, 0.05) is 19.8 Å². The first kappa shape index (κ1) is 21.2. The van der Waals surface area contributed by atoms with Gasteiger partial charge in [-0.15, -0.1) is 0 Å². The van der Waals surface area contributed by atoms with Crippen molar-refractivity contribution in [2.24, 2.45) is 7.05 Å². The minimum atomic E-state index is -3.95. The van der Waals surface area contributed by atoms with E-state index in [1.54, 1.807) is 12.1 Å². The van der Waals surface area contributed by atoms with E-state index in [1.165, 1.54) is 55.3 Å². The van der Waals surface area contributed by atoms with Gasteiger partial charge in [0.2, 0.25) is 0 Å². The van der Waals surface area contributed by atoms with Crippen molar-refractivity contribution >= 4 is 39.3 Å². The monoisotopic (exact) mass is 453 g/mol. The molecule has 2 heterocycles. The lowest BCUT2D eigenvalue weighted by atomic mass is 10.1. The quantitative estimate of drug-likeness (QED) is 0.566. The summed E-state index contributed by atoms with van der Waals surface area (Å²) < 4.78 is 28.5. The van der Waals surface area contributed by atoms with E-state index in [2.05, 4.69) is 15.7 Å². The molecular formula is C21H19N5O5S. The number of hydrogen-bond acceptors (Lipinski definition) is 6. The van der Waals surface area contributed by atoms with E-state index < -0.39 is 27.7 Å². The van der Waals surface area contributed by atoms with Crippen LogP contribution in [0, 0.1) is 6.92 Å². The molecule has 0 atom stereocenters. The van der Waals surface area contributed by atoms with Gasteiger partial charge in [0.15, 0.2) is 5.82 Å². The van der Waals surface area contributed by atoms with Crippen LogP contribution in [0.5, 0.6) is 0 Å². The van der Waals surface area contributed by atoms with Crippen LogP contribution in [0.1, 0.15) is 36.6 Å². The van der Waals surface area contributed by atoms with E-state index in [0.717, 1.165) is 9.87 Å². The predicted molar refractivity (Wildman–Crippen MR) is 116 cm³/mol. The Morgan fingerprint density at radius 1 is 1.06 bits per heavy atom. The molecule has 0 aliphatic carbocycles. The average Bonchev–Trinajstić information content (AvgIpc) is 3.27. The standard InChI is InChI=1S/C21H19N5O5S/c1-12-4-7-14(8-5-12)32(30,31)26(3)21-17(11-22-25(21)2)20(29)23-13-6-9-15-16(10-13)19(28)24-18(15)27/h4-11H,1-3H3,(H,23,29)(H,24,27,28). The first-order valence-corrected chi connectivity index (χ1v) is 10.9. The van der Waals surface area contributed by atoms with Gasteiger partial charge < -0.3 is 5.32 Å². The zero-order valence-corrected chi connectivity index (χ0v) is 18.2. The molecule has 10 nitrogen and oxygen atoms in total. The maximum Gasteiger partial charge on any atom is 0.265 e. The Labute approximate surface area is 183 Å². The fourth-order valence-corrected chi connectivity index (χ4v) is 4.63. The maximum atomic E-state index is 13.1. The number of rotatable bonds is 5. The molecule has 2 aromatic carbocycles. The van der Waals surface area contributed by atoms with Crippen molar-refractivity contribution in [2.75, 3.05) is 16.7 Å². The lowest BCUT2D eigenvalue weighted by molar-refractivity contribution is 0.0878. The van der Waals surface area contributed by atoms with Crippen molar-refractivity contribution in [1.82, 2.24) is 15.1 Å². The van der Waals surface area contributed by atoms with Crippen molar-refractivity contribution < 1.29 is 22.8 Å². The number of sulfonamides is 1. The first-order chi connectivity index (χ1) is 15.1. The predicted octanol–water partition coefficient (Wildman–Crippen LogP) is 1.69. The summed E-state index contributed by atoms with van der Waals surface area (Å²) in [6, 6.07) is 10.7. The molecule has 3 amide bonds. The second kappa shape index (κ2) is 7.61. The molecule has 0 fully saturated rings. The van der Waals surface area contributed by atoms with E-state index in [1.807, 2.05) is 6.92 Å². The highest BCUT2D eigenvalue weighted by atomic mass is 32.2. The Balaban J connectivity index is 1.65. The summed E-state index contributed by atoms with van der Waals surface area (Å²) in [4.78, 5) is 36.6. The molecule has 164 valence electrons. The fourth-order valence-electron chi connectivity index (χ4n) is 3.39. The molecule has 3 aromatic rings. The van der Waals surface area contributed by atoms with Gasteiger partial charge in [-0.25, -0.2) is 8.42 Å². The minimum Gasteiger partial charge on any atom is -0.322 e. The highest BCUT2D eigenvalue weighted by Crippen LogP contribution is 2.27. The summed E-state index contributed by atoms with van der Waals surface area (Å²) in [5.74, 6) is -1.60. The Bertz CT molecular complexity index is 1380. The topological polar surface area (TPSA) is 130 Å². The number of carbonyl (C=O) groups is 3. The molecule has 1 aliphatic rings. The fraction of sp³-hybridized carbons (Fsp3) is 0.143. The summed E-state index contributed by atoms with van der Waals surface area (Å²) in [6.07, 6.45) is 1.26. The van der Waals surface area contributed by atoms with Crippen molar-refractivity contribution in [3.63, 3.8) is 0 Å². The summed E-state index contributed by atoms with van der Waals surface area (Å²) in [5.41, 5.74) is 1.58. The van der Waals surface area contributed by atoms with Crippen LogP contribution in [-0.2, 0) is 17.1 Å². The minimum absolute atomic E-state index is 0.0201. The number of nitrogens with one attached hydrogen (secondary N) is 2. The molecule has 0 radical (unpaired) electrons. The molecule has 1 aromatic heterocycles. The summed E-state index contributed by atoms with van der Waals surface area (Å²) >= 11 is 0. The number of fused-ring (bicyclic) bond motifs is 1. The van der Waals surface area contributed by atoms with Crippen LogP contribution in [0.4, 0.5) is 11.5 Å². The number of amides is 3. The van der Waals surface area contributed by atoms with Crippen LogP contribution < -0.4 is 14.9 Å². The van der Waals surface area contributed by atoms with E-state index >= 15 is 0 Å². The van der Waals surface area contributed by atoms with Crippen molar-refractivity contribution in [3.05, 3.63) is 70.9 Å². The molecule has 0 unspecified atom stereocenters. The van der Waals surface area contributed by atoms with Gasteiger partial charge in [-0.05, 0) is 37.3 Å². The number of anilines is 2. The Morgan fingerprint density at radius 3 is 2.41 bits per heavy atom. The van der Waals surface area contributed by atoms with Crippen LogP contribution in [-0.4, -0.2) is 43.0 Å². The van der Waals surface area contributed by atoms with E-state index in [0.29, 0.717) is 0 Å². The first-order valence-electron chi connectivity index (χ1n) is 9.48. The SMILES string of the molecule is Cc1ccc(S(=O)(=O)N(C)c2c(C(=O)Nc3ccc4c(c3)C(=O)NC4=O)cnn2C)cc1. The number of hydrogen-bond donors (Lipinski definition) is 2. The van der Waals surface area contributed by atoms with Crippen LogP contribution in [0.15, 0.2) is 53.6 Å². The summed E-state index contributed by atoms with van der Waals surface area (Å²) in [6.45, 7) is 1.85. The van der Waals surface area contributed by atoms with Crippen LogP contribution in [0.25, 0.3) is 0 Å². The van der Waals surface area contributed by atoms with Gasteiger partial charge in [0.1, 0.15) is 5.56 Å². The van der Waals surface area contributed by atoms with E-state index in [-0.39, 0.29) is 33.1 Å². The molecule has 0 saturated carbocycles. The van der Waals surface area contributed by atoms with E-state index in [9.17, 15) is 22.8 Å². The number of aryl methyl sites for hydroxylation is 2. The largest absolute Gasteiger partial charge is 0.322 e. The molecule has 0 spiro atoms. The second-order valence-corrected chi connectivity index (χ2v) is 9.26. The second-order valence-electron chi connectivity index (χ2n) is 7.29. The van der Waals surface area contributed by atoms with Crippen LogP contribution in [0.3, 0.4) is 0 Å². The van der Waals surface area contributed by atoms with Crippen molar-refractivity contribution in [3.8, 4) is 0 Å². The Morgan fingerprint density at radius 2 is 1.72 bits per heavy atom. The zero-order valence-electron chi connectivity index (χ0n) is 17.4. The van der Waals surface area contributed by atoms with Gasteiger partial charge in [0.25, 0.3) is 27.7 Å². The molecule has 4 rings (SSSR count). The number of carbonyl (C=O) groups excluding carboxylic acids is 3. The van der Waals surface area contributed by atoms with Crippen LogP contribution >= 0.6 is 0 Å². The molecule has 1 aliphatic heterocycles. The number of nitrogens with zero attached hydrogens (tertiary/aromatic N) is 3. The third-order valence-electron chi connectivity index (χ3n) is 5.12. The van der Waals surface area contributed by atoms with Gasteiger partial charge in [-0.3, -0.25) is 28.7 Å². The summed E-state index contributed by atoms with van der Waals surface area (Å²) in [7, 11) is -1.08. The maximum absolute atomic E-state index is 13.1. The molecule has 0 bridgehead atoms. The average molecular weight is 453 g/mol. The van der Waals surface area contributed by atoms with Gasteiger partial charge in [-0.2, -0.15) is 5.10 Å². The van der Waals surface area contributed by atoms with Gasteiger partial charge in [0.05, 0.1) is 22.2 Å². The number of aromatic nitrogens is 2. The Kier molecular flexibility index (Phi) is 5.05. The molecule has 2 N–H and O–H groups in total. The van der Waals surface area contributed by atoms with Crippen molar-refractivity contribution in [1.29, 1.82) is 0 Å². The molecule has 11 heteroatoms. The summed E-state index contributed by atoms with van der Waals surface area (Å²) in [5, 5.41) is 8.85. The van der Waals surface area contributed by atoms with Gasteiger partial charge >= 0.3 is 0 Å². The normalized spacial score (nSPS) is 13.0. The highest BCUT2D eigenvalue weighted by Gasteiger charge is 2.30. The smallest absolute Gasteiger partial charge is 0.265 e. The number of imide groups is 1. The Hall–Kier alpha value is -3.99. The number of benzene rings is 2. The van der Waals surface area contributed by atoms with Crippen LogP contribution in [0.2, 0.25) is 0 Å². The molecular weight excluding hydrogens is 434 g/mol. The molecule has 0 saturated heterocycles. The van der Waals surface area contributed by atoms with Gasteiger partial charge in [-0.1, -0.05) is 17.7 Å². The zero-order chi connectivity index (χ0) is 23.2.